The molecule has 0 saturated carbocycles. The molecule has 1 saturated heterocycles. The molecule has 8 heteroatoms. The molecule has 0 spiro atoms. The van der Waals surface area contributed by atoms with Crippen molar-refractivity contribution in [2.24, 2.45) is 0 Å². The highest BCUT2D eigenvalue weighted by Gasteiger charge is 2.45. The second-order valence-electron chi connectivity index (χ2n) is 4.66. The zero-order valence-corrected chi connectivity index (χ0v) is 11.1. The highest BCUT2D eigenvalue weighted by molar-refractivity contribution is 6.36. The van der Waals surface area contributed by atoms with Crippen molar-refractivity contribution in [3.8, 4) is 0 Å². The van der Waals surface area contributed by atoms with E-state index in [1.54, 1.807) is 18.2 Å². The number of alkyl halides is 3. The molecule has 20 heavy (non-hydrogen) atoms. The summed E-state index contributed by atoms with van der Waals surface area (Å²) < 4.78 is 39.4. The number of hydrogen-bond acceptors (Lipinski definition) is 3. The standard InChI is InChI=1S/C12H12ClF3N4/c13-7-2-1-3-8-10(7)11(19-18-8)20-5-4-17-6-9(20)12(14,15)16/h1-3,9,17H,4-6H2,(H,18,19). The number of halogens is 4. The van der Waals surface area contributed by atoms with Gasteiger partial charge in [0.25, 0.3) is 0 Å². The number of piperazine rings is 1. The average molecular weight is 305 g/mol. The number of nitrogens with zero attached hydrogens (tertiary/aromatic N) is 2. The maximum absolute atomic E-state index is 13.1. The number of aromatic nitrogens is 2. The smallest absolute Gasteiger partial charge is 0.340 e. The van der Waals surface area contributed by atoms with E-state index < -0.39 is 12.2 Å². The number of hydrogen-bond donors (Lipinski definition) is 2. The fourth-order valence-electron chi connectivity index (χ4n) is 2.47. The average Bonchev–Trinajstić information content (AvgIpc) is 2.83. The molecule has 1 aromatic heterocycles. The van der Waals surface area contributed by atoms with Crippen LogP contribution in [0.1, 0.15) is 0 Å². The van der Waals surface area contributed by atoms with Gasteiger partial charge in [0.15, 0.2) is 5.82 Å². The van der Waals surface area contributed by atoms with Crippen molar-refractivity contribution in [3.63, 3.8) is 0 Å². The summed E-state index contributed by atoms with van der Waals surface area (Å²) in [5, 5.41) is 10.5. The summed E-state index contributed by atoms with van der Waals surface area (Å²) in [5.41, 5.74) is 0.631. The second-order valence-corrected chi connectivity index (χ2v) is 5.07. The molecule has 1 aliphatic rings. The first-order valence-corrected chi connectivity index (χ1v) is 6.53. The van der Waals surface area contributed by atoms with Crippen LogP contribution < -0.4 is 10.2 Å². The van der Waals surface area contributed by atoms with Crippen molar-refractivity contribution in [1.82, 2.24) is 15.5 Å². The number of aromatic amines is 1. The van der Waals surface area contributed by atoms with Gasteiger partial charge in [0.2, 0.25) is 0 Å². The number of nitrogens with one attached hydrogen (secondary N) is 2. The van der Waals surface area contributed by atoms with Crippen molar-refractivity contribution < 1.29 is 13.2 Å². The summed E-state index contributed by atoms with van der Waals surface area (Å²) in [7, 11) is 0. The van der Waals surface area contributed by atoms with Crippen LogP contribution in [0.5, 0.6) is 0 Å². The Labute approximate surface area is 117 Å². The Bertz CT molecular complexity index is 625. The van der Waals surface area contributed by atoms with Crippen molar-refractivity contribution in [1.29, 1.82) is 0 Å². The molecule has 2 aromatic rings. The topological polar surface area (TPSA) is 44.0 Å². The van der Waals surface area contributed by atoms with Crippen LogP contribution in [0, 0.1) is 0 Å². The molecule has 1 fully saturated rings. The third-order valence-corrected chi connectivity index (χ3v) is 3.73. The summed E-state index contributed by atoms with van der Waals surface area (Å²) in [6.45, 7) is 0.559. The number of benzene rings is 1. The van der Waals surface area contributed by atoms with E-state index in [9.17, 15) is 13.2 Å². The van der Waals surface area contributed by atoms with Crippen LogP contribution in [-0.2, 0) is 0 Å². The molecule has 0 aliphatic carbocycles. The fourth-order valence-corrected chi connectivity index (χ4v) is 2.73. The third-order valence-electron chi connectivity index (χ3n) is 3.41. The minimum atomic E-state index is -4.32. The minimum Gasteiger partial charge on any atom is -0.340 e. The van der Waals surface area contributed by atoms with E-state index in [1.807, 2.05) is 0 Å². The molecule has 1 atom stereocenters. The lowest BCUT2D eigenvalue weighted by atomic mass is 10.1. The minimum absolute atomic E-state index is 0.150. The van der Waals surface area contributed by atoms with E-state index in [0.717, 1.165) is 0 Å². The van der Waals surface area contributed by atoms with Gasteiger partial charge in [-0.2, -0.15) is 18.3 Å². The Morgan fingerprint density at radius 2 is 2.15 bits per heavy atom. The van der Waals surface area contributed by atoms with Crippen LogP contribution in [0.2, 0.25) is 5.02 Å². The molecule has 0 radical (unpaired) electrons. The number of rotatable bonds is 1. The molecular weight excluding hydrogens is 293 g/mol. The molecule has 0 amide bonds. The van der Waals surface area contributed by atoms with Crippen LogP contribution in [0.3, 0.4) is 0 Å². The summed E-state index contributed by atoms with van der Waals surface area (Å²) in [5.74, 6) is 0.259. The van der Waals surface area contributed by atoms with Gasteiger partial charge in [-0.05, 0) is 12.1 Å². The SMILES string of the molecule is FC(F)(F)C1CNCCN1c1n[nH]c2cccc(Cl)c12. The highest BCUT2D eigenvalue weighted by atomic mass is 35.5. The quantitative estimate of drug-likeness (QED) is 0.851. The Balaban J connectivity index is 2.09. The Hall–Kier alpha value is -1.47. The predicted octanol–water partition coefficient (Wildman–Crippen LogP) is 2.56. The molecule has 0 bridgehead atoms. The van der Waals surface area contributed by atoms with Crippen LogP contribution in [0.25, 0.3) is 10.9 Å². The first-order chi connectivity index (χ1) is 9.48. The monoisotopic (exact) mass is 304 g/mol. The molecular formula is C12H12ClF3N4. The summed E-state index contributed by atoms with van der Waals surface area (Å²) in [6, 6.07) is 3.51. The Morgan fingerprint density at radius 3 is 2.90 bits per heavy atom. The van der Waals surface area contributed by atoms with Crippen molar-refractivity contribution in [2.45, 2.75) is 12.2 Å². The molecule has 3 rings (SSSR count). The van der Waals surface area contributed by atoms with Crippen LogP contribution in [0.15, 0.2) is 18.2 Å². The van der Waals surface area contributed by atoms with Gasteiger partial charge in [-0.3, -0.25) is 5.10 Å². The van der Waals surface area contributed by atoms with Gasteiger partial charge in [-0.15, -0.1) is 0 Å². The number of H-pyrrole nitrogens is 1. The van der Waals surface area contributed by atoms with Gasteiger partial charge < -0.3 is 10.2 Å². The van der Waals surface area contributed by atoms with E-state index >= 15 is 0 Å². The van der Waals surface area contributed by atoms with Gasteiger partial charge in [0.1, 0.15) is 6.04 Å². The van der Waals surface area contributed by atoms with Crippen molar-refractivity contribution in [3.05, 3.63) is 23.2 Å². The van der Waals surface area contributed by atoms with E-state index in [4.69, 9.17) is 11.6 Å². The summed E-state index contributed by atoms with van der Waals surface area (Å²) >= 11 is 6.10. The molecule has 4 nitrogen and oxygen atoms in total. The lowest BCUT2D eigenvalue weighted by Crippen LogP contribution is -2.58. The molecule has 2 N–H and O–H groups in total. The Kier molecular flexibility index (Phi) is 3.25. The summed E-state index contributed by atoms with van der Waals surface area (Å²) in [6.07, 6.45) is -4.32. The molecule has 1 aromatic carbocycles. The molecule has 1 aliphatic heterocycles. The van der Waals surface area contributed by atoms with Gasteiger partial charge in [0, 0.05) is 19.6 Å². The molecule has 108 valence electrons. The fraction of sp³-hybridized carbons (Fsp3) is 0.417. The predicted molar refractivity (Wildman–Crippen MR) is 71.2 cm³/mol. The first kappa shape index (κ1) is 13.5. The van der Waals surface area contributed by atoms with E-state index in [0.29, 0.717) is 22.5 Å². The van der Waals surface area contributed by atoms with Crippen LogP contribution in [0.4, 0.5) is 19.0 Å². The largest absolute Gasteiger partial charge is 0.410 e. The van der Waals surface area contributed by atoms with Crippen molar-refractivity contribution >= 4 is 28.3 Å². The van der Waals surface area contributed by atoms with Gasteiger partial charge in [-0.25, -0.2) is 0 Å². The first-order valence-electron chi connectivity index (χ1n) is 6.15. The number of anilines is 1. The van der Waals surface area contributed by atoms with Crippen molar-refractivity contribution in [2.75, 3.05) is 24.5 Å². The third kappa shape index (κ3) is 2.20. The zero-order valence-electron chi connectivity index (χ0n) is 10.3. The molecule has 2 heterocycles. The van der Waals surface area contributed by atoms with E-state index in [1.165, 1.54) is 4.90 Å². The maximum Gasteiger partial charge on any atom is 0.410 e. The van der Waals surface area contributed by atoms with Crippen LogP contribution in [-0.4, -0.2) is 42.0 Å². The normalized spacial score (nSPS) is 20.6. The molecule has 1 unspecified atom stereocenters. The number of fused-ring (bicyclic) bond motifs is 1. The lowest BCUT2D eigenvalue weighted by Gasteiger charge is -2.37. The highest BCUT2D eigenvalue weighted by Crippen LogP contribution is 2.35. The zero-order chi connectivity index (χ0) is 14.3. The van der Waals surface area contributed by atoms with E-state index in [-0.39, 0.29) is 18.9 Å². The van der Waals surface area contributed by atoms with E-state index in [2.05, 4.69) is 15.5 Å². The lowest BCUT2D eigenvalue weighted by molar-refractivity contribution is -0.149. The second kappa shape index (κ2) is 4.82. The van der Waals surface area contributed by atoms with Crippen LogP contribution >= 0.6 is 11.6 Å². The Morgan fingerprint density at radius 1 is 1.35 bits per heavy atom. The summed E-state index contributed by atoms with van der Waals surface area (Å²) in [4.78, 5) is 1.27. The van der Waals surface area contributed by atoms with Gasteiger partial charge in [0.05, 0.1) is 15.9 Å². The van der Waals surface area contributed by atoms with Gasteiger partial charge >= 0.3 is 6.18 Å². The maximum atomic E-state index is 13.1. The van der Waals surface area contributed by atoms with Gasteiger partial charge in [-0.1, -0.05) is 17.7 Å².